The Morgan fingerprint density at radius 1 is 1.22 bits per heavy atom. The maximum Gasteiger partial charge on any atom is 0.149 e. The number of aromatic nitrogens is 2. The fourth-order valence-corrected chi connectivity index (χ4v) is 1.87. The smallest absolute Gasteiger partial charge is 0.149 e. The fraction of sp³-hybridized carbons (Fsp3) is 0.231. The van der Waals surface area contributed by atoms with Gasteiger partial charge in [0.1, 0.15) is 11.6 Å². The van der Waals surface area contributed by atoms with Crippen LogP contribution < -0.4 is 10.2 Å². The lowest BCUT2D eigenvalue weighted by Gasteiger charge is -2.18. The van der Waals surface area contributed by atoms with Crippen LogP contribution in [0.4, 0.5) is 11.6 Å². The van der Waals surface area contributed by atoms with Crippen molar-refractivity contribution in [3.05, 3.63) is 46.7 Å². The van der Waals surface area contributed by atoms with Gasteiger partial charge in [0, 0.05) is 25.1 Å². The zero-order valence-electron chi connectivity index (χ0n) is 10.4. The lowest BCUT2D eigenvalue weighted by molar-refractivity contribution is 0.890. The first-order valence-electron chi connectivity index (χ1n) is 5.64. The zero-order chi connectivity index (χ0) is 13.0. The minimum atomic E-state index is 0.773. The SMILES string of the molecule is CNc1cncc(N(C)Cc2ccc(Br)cc2)n1. The summed E-state index contributed by atoms with van der Waals surface area (Å²) in [5.74, 6) is 1.62. The Bertz CT molecular complexity index is 513. The number of benzene rings is 1. The molecule has 18 heavy (non-hydrogen) atoms. The van der Waals surface area contributed by atoms with E-state index >= 15 is 0 Å². The molecule has 0 aliphatic carbocycles. The van der Waals surface area contributed by atoms with Gasteiger partial charge in [-0.15, -0.1) is 0 Å². The molecule has 0 aliphatic rings. The summed E-state index contributed by atoms with van der Waals surface area (Å²) in [5, 5.41) is 2.99. The maximum atomic E-state index is 4.45. The van der Waals surface area contributed by atoms with E-state index in [0.29, 0.717) is 0 Å². The molecule has 0 spiro atoms. The van der Waals surface area contributed by atoms with E-state index in [1.807, 2.05) is 26.2 Å². The largest absolute Gasteiger partial charge is 0.372 e. The molecule has 0 amide bonds. The van der Waals surface area contributed by atoms with Crippen molar-refractivity contribution in [1.82, 2.24) is 9.97 Å². The molecule has 0 atom stereocenters. The van der Waals surface area contributed by atoms with Crippen LogP contribution in [0.1, 0.15) is 5.56 Å². The van der Waals surface area contributed by atoms with E-state index in [1.54, 1.807) is 12.4 Å². The standard InChI is InChI=1S/C13H15BrN4/c1-15-12-7-16-8-13(17-12)18(2)9-10-3-5-11(14)6-4-10/h3-8H,9H2,1-2H3,(H,15,17). The van der Waals surface area contributed by atoms with Crippen LogP contribution in [0.3, 0.4) is 0 Å². The average molecular weight is 307 g/mol. The molecule has 0 unspecified atom stereocenters. The Kier molecular flexibility index (Phi) is 4.15. The molecule has 1 heterocycles. The van der Waals surface area contributed by atoms with Crippen molar-refractivity contribution in [2.24, 2.45) is 0 Å². The number of hydrogen-bond acceptors (Lipinski definition) is 4. The van der Waals surface area contributed by atoms with Crippen molar-refractivity contribution in [2.45, 2.75) is 6.54 Å². The van der Waals surface area contributed by atoms with E-state index in [-0.39, 0.29) is 0 Å². The summed E-state index contributed by atoms with van der Waals surface area (Å²) in [5.41, 5.74) is 1.23. The van der Waals surface area contributed by atoms with Gasteiger partial charge in [-0.05, 0) is 17.7 Å². The molecule has 4 nitrogen and oxygen atoms in total. The van der Waals surface area contributed by atoms with Crippen molar-refractivity contribution in [2.75, 3.05) is 24.3 Å². The third kappa shape index (κ3) is 3.20. The van der Waals surface area contributed by atoms with E-state index < -0.39 is 0 Å². The normalized spacial score (nSPS) is 10.2. The molecule has 1 aromatic heterocycles. The monoisotopic (exact) mass is 306 g/mol. The Hall–Kier alpha value is -1.62. The van der Waals surface area contributed by atoms with E-state index in [4.69, 9.17) is 0 Å². The number of rotatable bonds is 4. The molecule has 0 radical (unpaired) electrons. The minimum Gasteiger partial charge on any atom is -0.372 e. The van der Waals surface area contributed by atoms with Crippen LogP contribution in [0.5, 0.6) is 0 Å². The highest BCUT2D eigenvalue weighted by molar-refractivity contribution is 9.10. The second-order valence-electron chi connectivity index (χ2n) is 4.00. The molecule has 0 fully saturated rings. The number of nitrogens with zero attached hydrogens (tertiary/aromatic N) is 3. The third-order valence-electron chi connectivity index (χ3n) is 2.60. The third-order valence-corrected chi connectivity index (χ3v) is 3.13. The van der Waals surface area contributed by atoms with Crippen LogP contribution in [-0.2, 0) is 6.54 Å². The first kappa shape index (κ1) is 12.8. The van der Waals surface area contributed by atoms with Gasteiger partial charge in [-0.3, -0.25) is 4.98 Å². The van der Waals surface area contributed by atoms with Gasteiger partial charge in [0.05, 0.1) is 12.4 Å². The Balaban J connectivity index is 2.11. The van der Waals surface area contributed by atoms with Gasteiger partial charge >= 0.3 is 0 Å². The van der Waals surface area contributed by atoms with Gasteiger partial charge in [0.15, 0.2) is 0 Å². The molecule has 5 heteroatoms. The van der Waals surface area contributed by atoms with Gasteiger partial charge < -0.3 is 10.2 Å². The maximum absolute atomic E-state index is 4.45. The van der Waals surface area contributed by atoms with Gasteiger partial charge in [0.2, 0.25) is 0 Å². The number of hydrogen-bond donors (Lipinski definition) is 1. The average Bonchev–Trinajstić information content (AvgIpc) is 2.41. The van der Waals surface area contributed by atoms with Gasteiger partial charge in [-0.1, -0.05) is 28.1 Å². The van der Waals surface area contributed by atoms with E-state index in [2.05, 4.69) is 48.2 Å². The first-order chi connectivity index (χ1) is 8.69. The molecule has 94 valence electrons. The molecule has 2 aromatic rings. The molecule has 0 aliphatic heterocycles. The van der Waals surface area contributed by atoms with Crippen LogP contribution in [0.15, 0.2) is 41.1 Å². The fourth-order valence-electron chi connectivity index (χ4n) is 1.60. The Morgan fingerprint density at radius 3 is 2.61 bits per heavy atom. The van der Waals surface area contributed by atoms with Crippen molar-refractivity contribution in [3.63, 3.8) is 0 Å². The van der Waals surface area contributed by atoms with Crippen LogP contribution in [-0.4, -0.2) is 24.1 Å². The van der Waals surface area contributed by atoms with Gasteiger partial charge in [-0.2, -0.15) is 0 Å². The van der Waals surface area contributed by atoms with E-state index in [0.717, 1.165) is 22.7 Å². The van der Waals surface area contributed by atoms with E-state index in [9.17, 15) is 0 Å². The minimum absolute atomic E-state index is 0.773. The highest BCUT2D eigenvalue weighted by Gasteiger charge is 2.05. The first-order valence-corrected chi connectivity index (χ1v) is 6.43. The summed E-state index contributed by atoms with van der Waals surface area (Å²) in [6.07, 6.45) is 3.47. The quantitative estimate of drug-likeness (QED) is 0.943. The highest BCUT2D eigenvalue weighted by Crippen LogP contribution is 2.15. The lowest BCUT2D eigenvalue weighted by Crippen LogP contribution is -2.18. The summed E-state index contributed by atoms with van der Waals surface area (Å²) in [6.45, 7) is 0.801. The summed E-state index contributed by atoms with van der Waals surface area (Å²) in [7, 11) is 3.84. The number of nitrogens with one attached hydrogen (secondary N) is 1. The summed E-state index contributed by atoms with van der Waals surface area (Å²) < 4.78 is 1.09. The summed E-state index contributed by atoms with van der Waals surface area (Å²) in [4.78, 5) is 10.7. The molecule has 1 aromatic carbocycles. The molecular formula is C13H15BrN4. The predicted molar refractivity (Wildman–Crippen MR) is 77.8 cm³/mol. The van der Waals surface area contributed by atoms with Crippen molar-refractivity contribution < 1.29 is 0 Å². The lowest BCUT2D eigenvalue weighted by atomic mass is 10.2. The van der Waals surface area contributed by atoms with E-state index in [1.165, 1.54) is 5.56 Å². The second-order valence-corrected chi connectivity index (χ2v) is 4.91. The topological polar surface area (TPSA) is 41.1 Å². The highest BCUT2D eigenvalue weighted by atomic mass is 79.9. The molecule has 1 N–H and O–H groups in total. The summed E-state index contributed by atoms with van der Waals surface area (Å²) in [6, 6.07) is 8.27. The molecular weight excluding hydrogens is 292 g/mol. The number of anilines is 2. The molecule has 0 saturated heterocycles. The predicted octanol–water partition coefficient (Wildman–Crippen LogP) is 2.92. The van der Waals surface area contributed by atoms with Crippen molar-refractivity contribution >= 4 is 27.6 Å². The number of halogens is 1. The van der Waals surface area contributed by atoms with Crippen LogP contribution in [0.2, 0.25) is 0 Å². The van der Waals surface area contributed by atoms with Crippen LogP contribution in [0, 0.1) is 0 Å². The van der Waals surface area contributed by atoms with Crippen molar-refractivity contribution in [1.29, 1.82) is 0 Å². The summed E-state index contributed by atoms with van der Waals surface area (Å²) >= 11 is 3.43. The van der Waals surface area contributed by atoms with Crippen molar-refractivity contribution in [3.8, 4) is 0 Å². The van der Waals surface area contributed by atoms with Gasteiger partial charge in [0.25, 0.3) is 0 Å². The van der Waals surface area contributed by atoms with Gasteiger partial charge in [-0.25, -0.2) is 4.98 Å². The molecule has 0 saturated carbocycles. The second kappa shape index (κ2) is 5.82. The molecule has 0 bridgehead atoms. The van der Waals surface area contributed by atoms with Crippen LogP contribution in [0.25, 0.3) is 0 Å². The zero-order valence-corrected chi connectivity index (χ0v) is 12.0. The van der Waals surface area contributed by atoms with Crippen LogP contribution >= 0.6 is 15.9 Å². The Labute approximate surface area is 115 Å². The Morgan fingerprint density at radius 2 is 1.94 bits per heavy atom. The molecule has 2 rings (SSSR count).